The summed E-state index contributed by atoms with van der Waals surface area (Å²) in [6.07, 6.45) is 0. The third kappa shape index (κ3) is 5.56. The third-order valence-electron chi connectivity index (χ3n) is 13.0. The van der Waals surface area contributed by atoms with Crippen molar-refractivity contribution in [3.63, 3.8) is 0 Å². The molecule has 11 aromatic rings. The molecule has 0 bridgehead atoms. The van der Waals surface area contributed by atoms with E-state index in [4.69, 9.17) is 4.42 Å². The summed E-state index contributed by atoms with van der Waals surface area (Å²) in [6.45, 7) is 4.73. The molecule has 61 heavy (non-hydrogen) atoms. The number of hydrogen-bond acceptors (Lipinski definition) is 2. The highest BCUT2D eigenvalue weighted by Gasteiger charge is 2.37. The van der Waals surface area contributed by atoms with Crippen molar-refractivity contribution in [3.05, 3.63) is 223 Å². The molecule has 2 nitrogen and oxygen atoms in total. The Morgan fingerprint density at radius 1 is 0.377 bits per heavy atom. The summed E-state index contributed by atoms with van der Waals surface area (Å²) < 4.78 is 6.63. The topological polar surface area (TPSA) is 16.4 Å². The van der Waals surface area contributed by atoms with E-state index in [9.17, 15) is 0 Å². The molecule has 0 fully saturated rings. The van der Waals surface area contributed by atoms with Crippen molar-refractivity contribution in [2.45, 2.75) is 19.3 Å². The zero-order chi connectivity index (χ0) is 40.7. The summed E-state index contributed by atoms with van der Waals surface area (Å²) in [5, 5.41) is 7.05. The van der Waals surface area contributed by atoms with Crippen LogP contribution in [0.1, 0.15) is 25.0 Å². The van der Waals surface area contributed by atoms with E-state index in [1.54, 1.807) is 0 Å². The maximum Gasteiger partial charge on any atom is 0.143 e. The maximum atomic E-state index is 6.63. The Morgan fingerprint density at radius 3 is 1.75 bits per heavy atom. The summed E-state index contributed by atoms with van der Waals surface area (Å²) >= 11 is 0. The zero-order valence-corrected chi connectivity index (χ0v) is 34.1. The zero-order valence-electron chi connectivity index (χ0n) is 34.1. The van der Waals surface area contributed by atoms with Gasteiger partial charge >= 0.3 is 0 Å². The monoisotopic (exact) mass is 779 g/mol. The highest BCUT2D eigenvalue weighted by Crippen LogP contribution is 2.52. The lowest BCUT2D eigenvalue weighted by Crippen LogP contribution is -2.16. The molecule has 0 radical (unpaired) electrons. The predicted molar refractivity (Wildman–Crippen MR) is 257 cm³/mol. The minimum absolute atomic E-state index is 0.105. The lowest BCUT2D eigenvalue weighted by molar-refractivity contribution is 0.662. The van der Waals surface area contributed by atoms with E-state index >= 15 is 0 Å². The van der Waals surface area contributed by atoms with Crippen molar-refractivity contribution >= 4 is 60.5 Å². The van der Waals surface area contributed by atoms with Gasteiger partial charge in [0.15, 0.2) is 0 Å². The first-order chi connectivity index (χ1) is 30.0. The van der Waals surface area contributed by atoms with Crippen molar-refractivity contribution in [1.29, 1.82) is 0 Å². The lowest BCUT2D eigenvalue weighted by atomic mass is 9.79. The van der Waals surface area contributed by atoms with Gasteiger partial charge in [0.2, 0.25) is 0 Å². The van der Waals surface area contributed by atoms with E-state index in [0.29, 0.717) is 0 Å². The maximum absolute atomic E-state index is 6.63. The Kier molecular flexibility index (Phi) is 7.92. The van der Waals surface area contributed by atoms with E-state index in [-0.39, 0.29) is 5.41 Å². The fraction of sp³-hybridized carbons (Fsp3) is 0.0508. The van der Waals surface area contributed by atoms with Gasteiger partial charge in [-0.3, -0.25) is 0 Å². The van der Waals surface area contributed by atoms with Crippen molar-refractivity contribution in [1.82, 2.24) is 0 Å². The van der Waals surface area contributed by atoms with Gasteiger partial charge in [0.25, 0.3) is 0 Å². The standard InChI is InChI=1S/C59H41NO/c1-59(2)54-28-8-7-23-51(54)52-27-12-26-49(57(52)59)40-30-33-43(34-31-40)60(44-19-9-17-41(36-44)47-24-11-16-38-14-3-5-21-46(38)47)45-20-10-18-42(37-45)48-25-13-29-55-56(48)53-35-32-39-15-4-6-22-50(39)58(53)61-55/h3-37H,1-2H3. The first kappa shape index (κ1) is 35.3. The van der Waals surface area contributed by atoms with Crippen LogP contribution in [0.2, 0.25) is 0 Å². The van der Waals surface area contributed by atoms with Crippen LogP contribution in [-0.2, 0) is 5.41 Å². The van der Waals surface area contributed by atoms with Gasteiger partial charge < -0.3 is 9.32 Å². The Bertz CT molecular complexity index is 3510. The van der Waals surface area contributed by atoms with Crippen LogP contribution >= 0.6 is 0 Å². The molecule has 0 unspecified atom stereocenters. The molecule has 0 atom stereocenters. The Labute approximate surface area is 355 Å². The van der Waals surface area contributed by atoms with Gasteiger partial charge in [-0.2, -0.15) is 0 Å². The number of anilines is 3. The van der Waals surface area contributed by atoms with Crippen LogP contribution < -0.4 is 4.90 Å². The second-order valence-electron chi connectivity index (χ2n) is 16.9. The number of benzene rings is 10. The molecule has 0 saturated carbocycles. The molecule has 288 valence electrons. The van der Waals surface area contributed by atoms with Crippen LogP contribution in [0.3, 0.4) is 0 Å². The molecule has 12 rings (SSSR count). The van der Waals surface area contributed by atoms with E-state index < -0.39 is 0 Å². The summed E-state index contributed by atoms with van der Waals surface area (Å²) in [4.78, 5) is 2.40. The van der Waals surface area contributed by atoms with Gasteiger partial charge in [-0.1, -0.05) is 178 Å². The number of hydrogen-bond donors (Lipinski definition) is 0. The normalized spacial score (nSPS) is 12.9. The second kappa shape index (κ2) is 13.7. The minimum Gasteiger partial charge on any atom is -0.455 e. The van der Waals surface area contributed by atoms with Crippen molar-refractivity contribution in [2.24, 2.45) is 0 Å². The van der Waals surface area contributed by atoms with Gasteiger partial charge in [-0.15, -0.1) is 0 Å². The van der Waals surface area contributed by atoms with Gasteiger partial charge in [-0.05, 0) is 120 Å². The molecule has 1 aromatic heterocycles. The summed E-state index contributed by atoms with van der Waals surface area (Å²) in [7, 11) is 0. The number of furan rings is 1. The molecule has 0 saturated heterocycles. The molecule has 0 N–H and O–H groups in total. The smallest absolute Gasteiger partial charge is 0.143 e. The van der Waals surface area contributed by atoms with Crippen LogP contribution in [0.4, 0.5) is 17.1 Å². The quantitative estimate of drug-likeness (QED) is 0.167. The second-order valence-corrected chi connectivity index (χ2v) is 16.9. The van der Waals surface area contributed by atoms with Crippen LogP contribution in [0, 0.1) is 0 Å². The van der Waals surface area contributed by atoms with Gasteiger partial charge in [0.05, 0.1) is 0 Å². The Hall–Kier alpha value is -7.68. The fourth-order valence-corrected chi connectivity index (χ4v) is 10.2. The summed E-state index contributed by atoms with van der Waals surface area (Å²) in [5.41, 5.74) is 17.6. The highest BCUT2D eigenvalue weighted by atomic mass is 16.3. The van der Waals surface area contributed by atoms with Gasteiger partial charge in [0, 0.05) is 38.6 Å². The molecule has 10 aromatic carbocycles. The molecule has 0 spiro atoms. The van der Waals surface area contributed by atoms with E-state index in [1.807, 2.05) is 0 Å². The SMILES string of the molecule is CC1(C)c2ccccc2-c2cccc(-c3ccc(N(c4cccc(-c5cccc6ccccc56)c4)c4cccc(-c5cccc6oc7c8ccccc8ccc7c56)c4)cc3)c21. The van der Waals surface area contributed by atoms with E-state index in [2.05, 4.69) is 231 Å². The molecule has 1 heterocycles. The van der Waals surface area contributed by atoms with Crippen LogP contribution in [-0.4, -0.2) is 0 Å². The van der Waals surface area contributed by atoms with Crippen molar-refractivity contribution in [3.8, 4) is 44.5 Å². The first-order valence-corrected chi connectivity index (χ1v) is 21.2. The lowest BCUT2D eigenvalue weighted by Gasteiger charge is -2.27. The average Bonchev–Trinajstić information content (AvgIpc) is 3.82. The molecule has 0 aliphatic heterocycles. The number of nitrogens with zero attached hydrogens (tertiary/aromatic N) is 1. The third-order valence-corrected chi connectivity index (χ3v) is 13.0. The predicted octanol–water partition coefficient (Wildman–Crippen LogP) is 16.7. The number of fused-ring (bicyclic) bond motifs is 9. The van der Waals surface area contributed by atoms with Gasteiger partial charge in [-0.25, -0.2) is 0 Å². The largest absolute Gasteiger partial charge is 0.455 e. The van der Waals surface area contributed by atoms with Crippen molar-refractivity contribution < 1.29 is 4.42 Å². The summed E-state index contributed by atoms with van der Waals surface area (Å²) in [6, 6.07) is 77.4. The van der Waals surface area contributed by atoms with Gasteiger partial charge in [0.1, 0.15) is 11.2 Å². The molecule has 1 aliphatic carbocycles. The minimum atomic E-state index is -0.105. The molecular weight excluding hydrogens is 739 g/mol. The summed E-state index contributed by atoms with van der Waals surface area (Å²) in [5.74, 6) is 0. The Morgan fingerprint density at radius 2 is 0.951 bits per heavy atom. The molecular formula is C59H41NO. The van der Waals surface area contributed by atoms with Crippen molar-refractivity contribution in [2.75, 3.05) is 4.90 Å². The van der Waals surface area contributed by atoms with Crippen LogP contribution in [0.15, 0.2) is 217 Å². The average molecular weight is 780 g/mol. The molecule has 2 heteroatoms. The number of rotatable bonds is 6. The molecule has 1 aliphatic rings. The van der Waals surface area contributed by atoms with Crippen LogP contribution in [0.5, 0.6) is 0 Å². The fourth-order valence-electron chi connectivity index (χ4n) is 10.2. The highest BCUT2D eigenvalue weighted by molar-refractivity contribution is 6.19. The Balaban J connectivity index is 1.02. The van der Waals surface area contributed by atoms with Crippen LogP contribution in [0.25, 0.3) is 88.0 Å². The first-order valence-electron chi connectivity index (χ1n) is 21.2. The van der Waals surface area contributed by atoms with E-state index in [0.717, 1.165) is 55.5 Å². The molecule has 0 amide bonds. The van der Waals surface area contributed by atoms with E-state index in [1.165, 1.54) is 60.7 Å².